The summed E-state index contributed by atoms with van der Waals surface area (Å²) in [5, 5.41) is 0. The predicted octanol–water partition coefficient (Wildman–Crippen LogP) is 2.90. The van der Waals surface area contributed by atoms with Crippen molar-refractivity contribution in [2.45, 2.75) is 6.18 Å². The highest BCUT2D eigenvalue weighted by atomic mass is 19.4. The number of nitrogens with zero attached hydrogens (tertiary/aromatic N) is 2. The zero-order valence-corrected chi connectivity index (χ0v) is 8.90. The van der Waals surface area contributed by atoms with Crippen LogP contribution >= 0.6 is 0 Å². The summed E-state index contributed by atoms with van der Waals surface area (Å²) in [5.41, 5.74) is -0.144. The quantitative estimate of drug-likeness (QED) is 0.809. The predicted molar refractivity (Wildman–Crippen MR) is 55.1 cm³/mol. The zero-order chi connectivity index (χ0) is 12.5. The van der Waals surface area contributed by atoms with Crippen LogP contribution in [0.4, 0.5) is 13.2 Å². The molecule has 0 amide bonds. The van der Waals surface area contributed by atoms with Crippen LogP contribution in [0.1, 0.15) is 5.56 Å². The number of pyridine rings is 1. The van der Waals surface area contributed by atoms with Gasteiger partial charge in [-0.05, 0) is 12.1 Å². The lowest BCUT2D eigenvalue weighted by Crippen LogP contribution is -2.03. The van der Waals surface area contributed by atoms with Gasteiger partial charge < -0.3 is 9.30 Å². The molecule has 0 saturated carbocycles. The van der Waals surface area contributed by atoms with Gasteiger partial charge in [0.15, 0.2) is 0 Å². The van der Waals surface area contributed by atoms with Gasteiger partial charge >= 0.3 is 6.18 Å². The Kier molecular flexibility index (Phi) is 2.79. The fourth-order valence-electron chi connectivity index (χ4n) is 1.37. The Morgan fingerprint density at radius 3 is 2.47 bits per heavy atom. The molecule has 2 aromatic heterocycles. The van der Waals surface area contributed by atoms with Crippen LogP contribution < -0.4 is 4.74 Å². The molecular formula is C11H9F3N2O. The van der Waals surface area contributed by atoms with E-state index in [4.69, 9.17) is 4.74 Å². The Bertz CT molecular complexity index is 502. The van der Waals surface area contributed by atoms with Gasteiger partial charge in [-0.2, -0.15) is 13.2 Å². The molecule has 0 aromatic carbocycles. The van der Waals surface area contributed by atoms with Crippen molar-refractivity contribution in [3.63, 3.8) is 0 Å². The van der Waals surface area contributed by atoms with Crippen LogP contribution in [0.15, 0.2) is 36.8 Å². The Morgan fingerprint density at radius 1 is 1.24 bits per heavy atom. The van der Waals surface area contributed by atoms with Gasteiger partial charge in [-0.25, -0.2) is 4.98 Å². The maximum atomic E-state index is 12.4. The number of aromatic nitrogens is 2. The van der Waals surface area contributed by atoms with Crippen molar-refractivity contribution in [2.24, 2.45) is 0 Å². The first-order valence-corrected chi connectivity index (χ1v) is 4.76. The lowest BCUT2D eigenvalue weighted by atomic mass is 10.3. The van der Waals surface area contributed by atoms with Gasteiger partial charge in [-0.3, -0.25) is 0 Å². The van der Waals surface area contributed by atoms with Crippen LogP contribution in [0.5, 0.6) is 5.88 Å². The van der Waals surface area contributed by atoms with E-state index in [0.29, 0.717) is 11.6 Å². The highest BCUT2D eigenvalue weighted by Crippen LogP contribution is 2.30. The number of methoxy groups -OCH3 is 1. The Morgan fingerprint density at radius 2 is 2.00 bits per heavy atom. The first kappa shape index (κ1) is 11.5. The molecule has 0 spiro atoms. The smallest absolute Gasteiger partial charge is 0.417 e. The fraction of sp³-hybridized carbons (Fsp3) is 0.182. The van der Waals surface area contributed by atoms with Gasteiger partial charge in [0, 0.05) is 18.5 Å². The molecule has 0 unspecified atom stereocenters. The molecule has 17 heavy (non-hydrogen) atoms. The van der Waals surface area contributed by atoms with E-state index in [-0.39, 0.29) is 0 Å². The van der Waals surface area contributed by atoms with E-state index >= 15 is 0 Å². The van der Waals surface area contributed by atoms with Crippen molar-refractivity contribution in [1.29, 1.82) is 0 Å². The highest BCUT2D eigenvalue weighted by molar-refractivity contribution is 5.34. The number of alkyl halides is 3. The highest BCUT2D eigenvalue weighted by Gasteiger charge is 2.31. The van der Waals surface area contributed by atoms with Gasteiger partial charge in [0.2, 0.25) is 5.88 Å². The van der Waals surface area contributed by atoms with Gasteiger partial charge in [-0.15, -0.1) is 0 Å². The van der Waals surface area contributed by atoms with Crippen molar-refractivity contribution in [1.82, 2.24) is 9.55 Å². The molecule has 3 nitrogen and oxygen atoms in total. The monoisotopic (exact) mass is 242 g/mol. The molecule has 2 aromatic rings. The van der Waals surface area contributed by atoms with Crippen molar-refractivity contribution < 1.29 is 17.9 Å². The largest absolute Gasteiger partial charge is 0.481 e. The summed E-state index contributed by atoms with van der Waals surface area (Å²) < 4.78 is 43.4. The number of rotatable bonds is 2. The molecule has 0 fully saturated rings. The summed E-state index contributed by atoms with van der Waals surface area (Å²) in [6.45, 7) is 0. The third-order valence-corrected chi connectivity index (χ3v) is 2.25. The van der Waals surface area contributed by atoms with Crippen LogP contribution in [0, 0.1) is 0 Å². The summed E-state index contributed by atoms with van der Waals surface area (Å²) >= 11 is 0. The maximum absolute atomic E-state index is 12.4. The lowest BCUT2D eigenvalue weighted by Gasteiger charge is -2.04. The van der Waals surface area contributed by atoms with Gasteiger partial charge in [-0.1, -0.05) is 0 Å². The summed E-state index contributed by atoms with van der Waals surface area (Å²) in [6, 6.07) is 4.23. The van der Waals surface area contributed by atoms with Gasteiger partial charge in [0.1, 0.15) is 0 Å². The standard InChI is InChI=1S/C11H9F3N2O/c1-17-10-3-2-9(6-15-10)16-5-4-8(7-16)11(12,13)14/h2-7H,1H3. The number of hydrogen-bond donors (Lipinski definition) is 0. The van der Waals surface area contributed by atoms with E-state index in [1.165, 1.54) is 24.1 Å². The van der Waals surface area contributed by atoms with Crippen LogP contribution in [0.3, 0.4) is 0 Å². The third kappa shape index (κ3) is 2.41. The molecule has 0 aliphatic heterocycles. The van der Waals surface area contributed by atoms with Gasteiger partial charge in [0.25, 0.3) is 0 Å². The van der Waals surface area contributed by atoms with Crippen molar-refractivity contribution >= 4 is 0 Å². The normalized spacial score (nSPS) is 11.5. The second-order valence-electron chi connectivity index (χ2n) is 3.36. The van der Waals surface area contributed by atoms with Crippen molar-refractivity contribution in [2.75, 3.05) is 7.11 Å². The number of halogens is 3. The van der Waals surface area contributed by atoms with E-state index in [2.05, 4.69) is 4.98 Å². The average Bonchev–Trinajstić information content (AvgIpc) is 2.78. The first-order valence-electron chi connectivity index (χ1n) is 4.76. The minimum atomic E-state index is -4.33. The van der Waals surface area contributed by atoms with Crippen LogP contribution in [-0.2, 0) is 6.18 Å². The van der Waals surface area contributed by atoms with Crippen molar-refractivity contribution in [3.8, 4) is 11.6 Å². The molecule has 2 heterocycles. The summed E-state index contributed by atoms with van der Waals surface area (Å²) in [5.74, 6) is 0.414. The van der Waals surface area contributed by atoms with Crippen LogP contribution in [-0.4, -0.2) is 16.7 Å². The molecule has 0 atom stereocenters. The topological polar surface area (TPSA) is 27.1 Å². The summed E-state index contributed by atoms with van der Waals surface area (Å²) in [6.07, 6.45) is -0.528. The average molecular weight is 242 g/mol. The van der Waals surface area contributed by atoms with E-state index in [1.54, 1.807) is 12.1 Å². The van der Waals surface area contributed by atoms with Crippen LogP contribution in [0.2, 0.25) is 0 Å². The fourth-order valence-corrected chi connectivity index (χ4v) is 1.37. The second-order valence-corrected chi connectivity index (χ2v) is 3.36. The minimum absolute atomic E-state index is 0.414. The molecule has 0 N–H and O–H groups in total. The lowest BCUT2D eigenvalue weighted by molar-refractivity contribution is -0.137. The molecule has 90 valence electrons. The van der Waals surface area contributed by atoms with Crippen molar-refractivity contribution in [3.05, 3.63) is 42.4 Å². The second kappa shape index (κ2) is 4.12. The molecule has 0 aliphatic rings. The molecule has 0 bridgehead atoms. The molecule has 0 aliphatic carbocycles. The maximum Gasteiger partial charge on any atom is 0.417 e. The van der Waals surface area contributed by atoms with E-state index in [9.17, 15) is 13.2 Å². The SMILES string of the molecule is COc1ccc(-n2ccc(C(F)(F)F)c2)cn1. The minimum Gasteiger partial charge on any atom is -0.481 e. The van der Waals surface area contributed by atoms with E-state index < -0.39 is 11.7 Å². The molecular weight excluding hydrogens is 233 g/mol. The first-order chi connectivity index (χ1) is 8.00. The molecule has 0 radical (unpaired) electrons. The Balaban J connectivity index is 2.30. The van der Waals surface area contributed by atoms with Gasteiger partial charge in [0.05, 0.1) is 24.6 Å². The number of hydrogen-bond acceptors (Lipinski definition) is 2. The molecule has 2 rings (SSSR count). The van der Waals surface area contributed by atoms with E-state index in [0.717, 1.165) is 12.3 Å². The number of ether oxygens (including phenoxy) is 1. The Labute approximate surface area is 95.5 Å². The van der Waals surface area contributed by atoms with Crippen LogP contribution in [0.25, 0.3) is 5.69 Å². The summed E-state index contributed by atoms with van der Waals surface area (Å²) in [4.78, 5) is 3.92. The summed E-state index contributed by atoms with van der Waals surface area (Å²) in [7, 11) is 1.47. The molecule has 6 heteroatoms. The van der Waals surface area contributed by atoms with E-state index in [1.807, 2.05) is 0 Å². The molecule has 0 saturated heterocycles. The Hall–Kier alpha value is -1.98. The zero-order valence-electron chi connectivity index (χ0n) is 8.90. The third-order valence-electron chi connectivity index (χ3n) is 2.25.